The molecule has 2 unspecified atom stereocenters. The van der Waals surface area contributed by atoms with E-state index in [0.29, 0.717) is 12.1 Å². The molecule has 1 aliphatic carbocycles. The topological polar surface area (TPSA) is 32.5 Å². The molecular weight excluding hydrogens is 258 g/mol. The Morgan fingerprint density at radius 3 is 1.90 bits per heavy atom. The zero-order chi connectivity index (χ0) is 14.5. The van der Waals surface area contributed by atoms with E-state index in [9.17, 15) is 0 Å². The molecule has 0 radical (unpaired) electrons. The normalized spacial score (nSPS) is 35.3. The van der Waals surface area contributed by atoms with Crippen LogP contribution in [0.1, 0.15) is 70.6 Å². The number of nitrogens with two attached hydrogens (primary N) is 1. The first-order chi connectivity index (χ1) is 10.3. The fraction of sp³-hybridized carbons (Fsp3) is 1.00. The molecule has 3 fully saturated rings. The third-order valence-corrected chi connectivity index (χ3v) is 6.16. The number of hydrogen-bond donors (Lipinski definition) is 1. The number of hydrogen-bond acceptors (Lipinski definition) is 3. The summed E-state index contributed by atoms with van der Waals surface area (Å²) in [4.78, 5) is 5.52. The van der Waals surface area contributed by atoms with Gasteiger partial charge in [0, 0.05) is 18.1 Å². The SMILES string of the molecule is NC1CCCCCCC1N1CCC(N2CCCCC2)CC1. The first-order valence-electron chi connectivity index (χ1n) is 9.58. The summed E-state index contributed by atoms with van der Waals surface area (Å²) in [7, 11) is 0. The van der Waals surface area contributed by atoms with Crippen molar-refractivity contribution in [2.45, 2.75) is 88.8 Å². The van der Waals surface area contributed by atoms with Crippen molar-refractivity contribution in [2.75, 3.05) is 26.2 Å². The lowest BCUT2D eigenvalue weighted by Gasteiger charge is -2.44. The van der Waals surface area contributed by atoms with Crippen molar-refractivity contribution < 1.29 is 0 Å². The van der Waals surface area contributed by atoms with Crippen molar-refractivity contribution in [3.8, 4) is 0 Å². The van der Waals surface area contributed by atoms with Crippen LogP contribution >= 0.6 is 0 Å². The zero-order valence-corrected chi connectivity index (χ0v) is 13.8. The molecule has 0 aromatic heterocycles. The van der Waals surface area contributed by atoms with E-state index < -0.39 is 0 Å². The molecule has 2 aliphatic heterocycles. The Kier molecular flexibility index (Phi) is 5.96. The van der Waals surface area contributed by atoms with E-state index in [1.54, 1.807) is 0 Å². The quantitative estimate of drug-likeness (QED) is 0.849. The van der Waals surface area contributed by atoms with Gasteiger partial charge in [-0.2, -0.15) is 0 Å². The molecule has 2 saturated heterocycles. The summed E-state index contributed by atoms with van der Waals surface area (Å²) >= 11 is 0. The van der Waals surface area contributed by atoms with Gasteiger partial charge in [0.25, 0.3) is 0 Å². The van der Waals surface area contributed by atoms with Gasteiger partial charge in [-0.05, 0) is 64.7 Å². The van der Waals surface area contributed by atoms with E-state index in [-0.39, 0.29) is 0 Å². The van der Waals surface area contributed by atoms with E-state index in [1.807, 2.05) is 0 Å². The van der Waals surface area contributed by atoms with Crippen LogP contribution in [0.4, 0.5) is 0 Å². The number of nitrogens with zero attached hydrogens (tertiary/aromatic N) is 2. The Morgan fingerprint density at radius 2 is 1.19 bits per heavy atom. The van der Waals surface area contributed by atoms with Crippen LogP contribution in [0.5, 0.6) is 0 Å². The third-order valence-electron chi connectivity index (χ3n) is 6.16. The molecular formula is C18H35N3. The first kappa shape index (κ1) is 15.8. The summed E-state index contributed by atoms with van der Waals surface area (Å²) in [6.07, 6.45) is 15.2. The lowest BCUT2D eigenvalue weighted by Crippen LogP contribution is -2.54. The lowest BCUT2D eigenvalue weighted by atomic mass is 9.89. The third kappa shape index (κ3) is 4.20. The van der Waals surface area contributed by atoms with Crippen LogP contribution in [0.2, 0.25) is 0 Å². The highest BCUT2D eigenvalue weighted by atomic mass is 15.2. The Labute approximate surface area is 131 Å². The largest absolute Gasteiger partial charge is 0.326 e. The van der Waals surface area contributed by atoms with Crippen LogP contribution in [0, 0.1) is 0 Å². The van der Waals surface area contributed by atoms with Crippen LogP contribution in [-0.2, 0) is 0 Å². The molecule has 3 aliphatic rings. The van der Waals surface area contributed by atoms with Gasteiger partial charge < -0.3 is 10.6 Å². The van der Waals surface area contributed by atoms with Gasteiger partial charge in [-0.1, -0.05) is 32.1 Å². The van der Waals surface area contributed by atoms with Gasteiger partial charge in [0.1, 0.15) is 0 Å². The second-order valence-corrected chi connectivity index (χ2v) is 7.59. The summed E-state index contributed by atoms with van der Waals surface area (Å²) < 4.78 is 0. The molecule has 0 aromatic rings. The standard InChI is InChI=1S/C18H35N3/c19-17-8-4-1-2-5-9-18(17)21-14-10-16(11-15-21)20-12-6-3-7-13-20/h16-18H,1-15,19H2. The van der Waals surface area contributed by atoms with Crippen molar-refractivity contribution in [3.05, 3.63) is 0 Å². The second-order valence-electron chi connectivity index (χ2n) is 7.59. The van der Waals surface area contributed by atoms with Crippen LogP contribution in [0.25, 0.3) is 0 Å². The molecule has 2 atom stereocenters. The van der Waals surface area contributed by atoms with E-state index in [0.717, 1.165) is 6.04 Å². The van der Waals surface area contributed by atoms with Crippen LogP contribution in [0.3, 0.4) is 0 Å². The molecule has 2 N–H and O–H groups in total. The predicted octanol–water partition coefficient (Wildman–Crippen LogP) is 2.99. The van der Waals surface area contributed by atoms with Crippen molar-refractivity contribution in [2.24, 2.45) is 5.73 Å². The predicted molar refractivity (Wildman–Crippen MR) is 89.5 cm³/mol. The van der Waals surface area contributed by atoms with Gasteiger partial charge in [-0.25, -0.2) is 0 Å². The number of piperidine rings is 2. The van der Waals surface area contributed by atoms with Gasteiger partial charge in [0.05, 0.1) is 0 Å². The number of rotatable bonds is 2. The van der Waals surface area contributed by atoms with Gasteiger partial charge in [0.15, 0.2) is 0 Å². The van der Waals surface area contributed by atoms with Crippen molar-refractivity contribution in [1.82, 2.24) is 9.80 Å². The van der Waals surface area contributed by atoms with E-state index in [2.05, 4.69) is 9.80 Å². The maximum Gasteiger partial charge on any atom is 0.0247 e. The molecule has 21 heavy (non-hydrogen) atoms. The highest BCUT2D eigenvalue weighted by Gasteiger charge is 2.31. The van der Waals surface area contributed by atoms with Crippen LogP contribution in [-0.4, -0.2) is 54.1 Å². The maximum absolute atomic E-state index is 6.50. The van der Waals surface area contributed by atoms with Gasteiger partial charge in [-0.3, -0.25) is 4.90 Å². The van der Waals surface area contributed by atoms with E-state index in [1.165, 1.54) is 96.8 Å². The summed E-state index contributed by atoms with van der Waals surface area (Å²) in [6.45, 7) is 5.29. The van der Waals surface area contributed by atoms with Crippen LogP contribution < -0.4 is 5.73 Å². The minimum Gasteiger partial charge on any atom is -0.326 e. The van der Waals surface area contributed by atoms with Crippen molar-refractivity contribution in [1.29, 1.82) is 0 Å². The minimum atomic E-state index is 0.428. The summed E-state index contributed by atoms with van der Waals surface area (Å²) in [5.41, 5.74) is 6.50. The highest BCUT2D eigenvalue weighted by Crippen LogP contribution is 2.26. The molecule has 3 rings (SSSR count). The summed E-state index contributed by atoms with van der Waals surface area (Å²) in [5, 5.41) is 0. The Morgan fingerprint density at radius 1 is 0.571 bits per heavy atom. The Bertz CT molecular complexity index is 293. The fourth-order valence-corrected chi connectivity index (χ4v) is 4.81. The summed E-state index contributed by atoms with van der Waals surface area (Å²) in [5.74, 6) is 0. The Hall–Kier alpha value is -0.120. The second kappa shape index (κ2) is 7.94. The van der Waals surface area contributed by atoms with Crippen molar-refractivity contribution >= 4 is 0 Å². The molecule has 0 amide bonds. The molecule has 122 valence electrons. The maximum atomic E-state index is 6.50. The average Bonchev–Trinajstić information content (AvgIpc) is 2.53. The molecule has 1 saturated carbocycles. The minimum absolute atomic E-state index is 0.428. The zero-order valence-electron chi connectivity index (χ0n) is 13.8. The molecule has 3 nitrogen and oxygen atoms in total. The highest BCUT2D eigenvalue weighted by molar-refractivity contribution is 4.89. The average molecular weight is 293 g/mol. The Balaban J connectivity index is 1.49. The van der Waals surface area contributed by atoms with Gasteiger partial charge in [-0.15, -0.1) is 0 Å². The molecule has 0 spiro atoms. The monoisotopic (exact) mass is 293 g/mol. The van der Waals surface area contributed by atoms with E-state index >= 15 is 0 Å². The molecule has 3 heteroatoms. The molecule has 2 heterocycles. The first-order valence-corrected chi connectivity index (χ1v) is 9.58. The van der Waals surface area contributed by atoms with Crippen LogP contribution in [0.15, 0.2) is 0 Å². The summed E-state index contributed by atoms with van der Waals surface area (Å²) in [6, 6.07) is 1.97. The van der Waals surface area contributed by atoms with Gasteiger partial charge >= 0.3 is 0 Å². The lowest BCUT2D eigenvalue weighted by molar-refractivity contribution is 0.0590. The molecule has 0 bridgehead atoms. The number of likely N-dealkylation sites (tertiary alicyclic amines) is 2. The van der Waals surface area contributed by atoms with Gasteiger partial charge in [0.2, 0.25) is 0 Å². The fourth-order valence-electron chi connectivity index (χ4n) is 4.81. The smallest absolute Gasteiger partial charge is 0.0247 e. The molecule has 0 aromatic carbocycles. The van der Waals surface area contributed by atoms with E-state index in [4.69, 9.17) is 5.73 Å². The van der Waals surface area contributed by atoms with Crippen molar-refractivity contribution in [3.63, 3.8) is 0 Å².